The van der Waals surface area contributed by atoms with E-state index >= 15 is 0 Å². The van der Waals surface area contributed by atoms with Crippen molar-refractivity contribution in [2.45, 2.75) is 62.3 Å². The lowest BCUT2D eigenvalue weighted by molar-refractivity contribution is -0.0814. The molecule has 5 nitrogen and oxygen atoms in total. The van der Waals surface area contributed by atoms with Crippen molar-refractivity contribution in [3.8, 4) is 0 Å². The Morgan fingerprint density at radius 3 is 2.63 bits per heavy atom. The lowest BCUT2D eigenvalue weighted by Gasteiger charge is -2.46. The molecular weight excluding hydrogens is 244 g/mol. The molecule has 4 fully saturated rings. The van der Waals surface area contributed by atoms with Gasteiger partial charge >= 0.3 is 6.09 Å². The minimum absolute atomic E-state index is 0.108. The van der Waals surface area contributed by atoms with E-state index in [9.17, 15) is 4.79 Å². The highest BCUT2D eigenvalue weighted by atomic mass is 16.6. The average Bonchev–Trinajstić information content (AvgIpc) is 3.00. The van der Waals surface area contributed by atoms with E-state index in [1.54, 1.807) is 0 Å². The molecule has 2 unspecified atom stereocenters. The number of ether oxygens (including phenoxy) is 2. The SMILES string of the molecule is O=C1OC2(CCN1C1CCOC1)C[C@H]1CC[C@@H](C2)N1. The van der Waals surface area contributed by atoms with Crippen molar-refractivity contribution in [1.82, 2.24) is 10.2 Å². The molecule has 2 bridgehead atoms. The van der Waals surface area contributed by atoms with Crippen molar-refractivity contribution < 1.29 is 14.3 Å². The number of amides is 1. The minimum Gasteiger partial charge on any atom is -0.443 e. The fraction of sp³-hybridized carbons (Fsp3) is 0.929. The van der Waals surface area contributed by atoms with E-state index in [0.717, 1.165) is 38.8 Å². The average molecular weight is 266 g/mol. The van der Waals surface area contributed by atoms with Gasteiger partial charge in [-0.25, -0.2) is 4.79 Å². The third-order valence-corrected chi connectivity index (χ3v) is 5.26. The number of carbonyl (C=O) groups is 1. The predicted molar refractivity (Wildman–Crippen MR) is 68.9 cm³/mol. The maximum atomic E-state index is 12.3. The fourth-order valence-corrected chi connectivity index (χ4v) is 4.30. The largest absolute Gasteiger partial charge is 0.443 e. The highest BCUT2D eigenvalue weighted by Gasteiger charge is 2.50. The Bertz CT molecular complexity index is 369. The second kappa shape index (κ2) is 4.35. The van der Waals surface area contributed by atoms with Crippen LogP contribution in [0.2, 0.25) is 0 Å². The third kappa shape index (κ3) is 2.03. The fourth-order valence-electron chi connectivity index (χ4n) is 4.30. The molecular formula is C14H22N2O3. The van der Waals surface area contributed by atoms with Crippen LogP contribution in [-0.4, -0.2) is 54.5 Å². The number of carbonyl (C=O) groups excluding carboxylic acids is 1. The Labute approximate surface area is 113 Å². The summed E-state index contributed by atoms with van der Waals surface area (Å²) in [6.45, 7) is 2.29. The van der Waals surface area contributed by atoms with Gasteiger partial charge in [0.15, 0.2) is 0 Å². The molecule has 1 amide bonds. The van der Waals surface area contributed by atoms with Gasteiger partial charge in [0.1, 0.15) is 5.60 Å². The van der Waals surface area contributed by atoms with Crippen LogP contribution in [0.3, 0.4) is 0 Å². The van der Waals surface area contributed by atoms with Crippen molar-refractivity contribution >= 4 is 6.09 Å². The van der Waals surface area contributed by atoms with Gasteiger partial charge in [-0.3, -0.25) is 0 Å². The molecule has 0 saturated carbocycles. The normalized spacial score (nSPS) is 45.8. The van der Waals surface area contributed by atoms with Crippen LogP contribution in [0.1, 0.15) is 38.5 Å². The highest BCUT2D eigenvalue weighted by Crippen LogP contribution is 2.41. The summed E-state index contributed by atoms with van der Waals surface area (Å²) in [7, 11) is 0. The summed E-state index contributed by atoms with van der Waals surface area (Å²) in [6, 6.07) is 1.36. The van der Waals surface area contributed by atoms with Crippen molar-refractivity contribution in [1.29, 1.82) is 0 Å². The highest BCUT2D eigenvalue weighted by molar-refractivity contribution is 5.69. The van der Waals surface area contributed by atoms with Gasteiger partial charge in [-0.1, -0.05) is 0 Å². The Hall–Kier alpha value is -0.810. The van der Waals surface area contributed by atoms with Crippen LogP contribution in [0.15, 0.2) is 0 Å². The minimum atomic E-state index is -0.176. The van der Waals surface area contributed by atoms with Crippen molar-refractivity contribution in [2.24, 2.45) is 0 Å². The first-order valence-corrected chi connectivity index (χ1v) is 7.58. The molecule has 0 aromatic heterocycles. The maximum absolute atomic E-state index is 12.3. The Morgan fingerprint density at radius 2 is 2.00 bits per heavy atom. The van der Waals surface area contributed by atoms with E-state index in [-0.39, 0.29) is 17.7 Å². The standard InChI is InChI=1S/C14H22N2O3/c17-13-16(12-3-6-18-9-12)5-4-14(19-13)7-10-1-2-11(8-14)15-10/h10-12,15H,1-9H2/t10-,11+,12?,14?. The Balaban J connectivity index is 1.46. The molecule has 0 aliphatic carbocycles. The number of hydrogen-bond donors (Lipinski definition) is 1. The van der Waals surface area contributed by atoms with Crippen molar-refractivity contribution in [3.63, 3.8) is 0 Å². The van der Waals surface area contributed by atoms with Crippen LogP contribution in [0.25, 0.3) is 0 Å². The van der Waals surface area contributed by atoms with Crippen LogP contribution in [0.4, 0.5) is 4.79 Å². The quantitative estimate of drug-likeness (QED) is 0.776. The number of hydrogen-bond acceptors (Lipinski definition) is 4. The zero-order chi connectivity index (χ0) is 12.9. The van der Waals surface area contributed by atoms with Crippen molar-refractivity contribution in [2.75, 3.05) is 19.8 Å². The molecule has 4 aliphatic rings. The van der Waals surface area contributed by atoms with E-state index in [1.165, 1.54) is 12.8 Å². The van der Waals surface area contributed by atoms with E-state index in [2.05, 4.69) is 5.32 Å². The van der Waals surface area contributed by atoms with E-state index in [0.29, 0.717) is 18.7 Å². The topological polar surface area (TPSA) is 50.8 Å². The zero-order valence-electron chi connectivity index (χ0n) is 11.3. The van der Waals surface area contributed by atoms with Crippen LogP contribution in [0, 0.1) is 0 Å². The molecule has 106 valence electrons. The summed E-state index contributed by atoms with van der Waals surface area (Å²) in [5, 5.41) is 3.62. The third-order valence-electron chi connectivity index (χ3n) is 5.26. The molecule has 0 aromatic rings. The van der Waals surface area contributed by atoms with Gasteiger partial charge in [0, 0.05) is 44.5 Å². The van der Waals surface area contributed by atoms with Gasteiger partial charge in [-0.15, -0.1) is 0 Å². The molecule has 4 heterocycles. The molecule has 1 spiro atoms. The number of nitrogens with one attached hydrogen (secondary N) is 1. The molecule has 4 aliphatic heterocycles. The van der Waals surface area contributed by atoms with Crippen LogP contribution in [-0.2, 0) is 9.47 Å². The molecule has 0 radical (unpaired) electrons. The van der Waals surface area contributed by atoms with Gasteiger partial charge in [0.25, 0.3) is 0 Å². The predicted octanol–water partition coefficient (Wildman–Crippen LogP) is 1.27. The summed E-state index contributed by atoms with van der Waals surface area (Å²) in [5.41, 5.74) is -0.176. The lowest BCUT2D eigenvalue weighted by atomic mass is 9.83. The maximum Gasteiger partial charge on any atom is 0.410 e. The summed E-state index contributed by atoms with van der Waals surface area (Å²) in [4.78, 5) is 14.2. The summed E-state index contributed by atoms with van der Waals surface area (Å²) < 4.78 is 11.3. The number of rotatable bonds is 1. The molecule has 4 atom stereocenters. The lowest BCUT2D eigenvalue weighted by Crippen LogP contribution is -2.58. The first-order valence-electron chi connectivity index (χ1n) is 7.58. The smallest absolute Gasteiger partial charge is 0.410 e. The zero-order valence-corrected chi connectivity index (χ0v) is 11.3. The Kier molecular flexibility index (Phi) is 2.74. The number of piperidine rings is 1. The molecule has 5 heteroatoms. The van der Waals surface area contributed by atoms with Gasteiger partial charge in [0.2, 0.25) is 0 Å². The van der Waals surface area contributed by atoms with E-state index in [1.807, 2.05) is 4.90 Å². The van der Waals surface area contributed by atoms with E-state index < -0.39 is 0 Å². The monoisotopic (exact) mass is 266 g/mol. The second-order valence-corrected chi connectivity index (χ2v) is 6.56. The van der Waals surface area contributed by atoms with Gasteiger partial charge < -0.3 is 19.7 Å². The summed E-state index contributed by atoms with van der Waals surface area (Å²) in [5.74, 6) is 0. The first kappa shape index (κ1) is 12.0. The molecule has 4 rings (SSSR count). The van der Waals surface area contributed by atoms with Crippen LogP contribution in [0.5, 0.6) is 0 Å². The van der Waals surface area contributed by atoms with Crippen molar-refractivity contribution in [3.05, 3.63) is 0 Å². The second-order valence-electron chi connectivity index (χ2n) is 6.56. The number of fused-ring (bicyclic) bond motifs is 2. The van der Waals surface area contributed by atoms with E-state index in [4.69, 9.17) is 9.47 Å². The van der Waals surface area contributed by atoms with Crippen LogP contribution < -0.4 is 5.32 Å². The molecule has 19 heavy (non-hydrogen) atoms. The van der Waals surface area contributed by atoms with Crippen LogP contribution >= 0.6 is 0 Å². The van der Waals surface area contributed by atoms with Gasteiger partial charge in [-0.2, -0.15) is 0 Å². The molecule has 4 saturated heterocycles. The van der Waals surface area contributed by atoms with Gasteiger partial charge in [-0.05, 0) is 19.3 Å². The van der Waals surface area contributed by atoms with Gasteiger partial charge in [0.05, 0.1) is 12.6 Å². The molecule has 1 N–H and O–H groups in total. The summed E-state index contributed by atoms with van der Waals surface area (Å²) >= 11 is 0. The summed E-state index contributed by atoms with van der Waals surface area (Å²) in [6.07, 6.45) is 6.32. The first-order chi connectivity index (χ1) is 9.24. The Morgan fingerprint density at radius 1 is 1.21 bits per heavy atom. The number of nitrogens with zero attached hydrogens (tertiary/aromatic N) is 1. The molecule has 0 aromatic carbocycles.